The Balaban J connectivity index is 2.32. The van der Waals surface area contributed by atoms with Crippen molar-refractivity contribution in [1.29, 1.82) is 0 Å². The molecule has 0 bridgehead atoms. The van der Waals surface area contributed by atoms with Crippen molar-refractivity contribution in [3.05, 3.63) is 45.7 Å². The Bertz CT molecular complexity index is 583. The SMILES string of the molecule is CCOC(=O)c1ccn(-c2ccc(Cl)cc2Br)n1. The maximum absolute atomic E-state index is 11.5. The fourth-order valence-electron chi connectivity index (χ4n) is 1.44. The summed E-state index contributed by atoms with van der Waals surface area (Å²) in [6, 6.07) is 6.95. The van der Waals surface area contributed by atoms with Gasteiger partial charge in [-0.15, -0.1) is 0 Å². The summed E-state index contributed by atoms with van der Waals surface area (Å²) in [5, 5.41) is 4.79. The molecule has 0 atom stereocenters. The highest BCUT2D eigenvalue weighted by molar-refractivity contribution is 9.10. The van der Waals surface area contributed by atoms with Gasteiger partial charge in [0.25, 0.3) is 0 Å². The fraction of sp³-hybridized carbons (Fsp3) is 0.167. The molecule has 2 aromatic rings. The lowest BCUT2D eigenvalue weighted by atomic mass is 10.3. The summed E-state index contributed by atoms with van der Waals surface area (Å²) in [5.74, 6) is -0.429. The number of nitrogens with zero attached hydrogens (tertiary/aromatic N) is 2. The fourth-order valence-corrected chi connectivity index (χ4v) is 2.30. The first kappa shape index (κ1) is 13.1. The highest BCUT2D eigenvalue weighted by atomic mass is 79.9. The molecule has 1 aromatic carbocycles. The van der Waals surface area contributed by atoms with Crippen molar-refractivity contribution < 1.29 is 9.53 Å². The summed E-state index contributed by atoms with van der Waals surface area (Å²) in [5.41, 5.74) is 1.08. The van der Waals surface area contributed by atoms with Crippen molar-refractivity contribution in [3.8, 4) is 5.69 Å². The molecule has 0 amide bonds. The van der Waals surface area contributed by atoms with Gasteiger partial charge in [0, 0.05) is 15.7 Å². The van der Waals surface area contributed by atoms with Gasteiger partial charge in [-0.2, -0.15) is 5.10 Å². The van der Waals surface area contributed by atoms with E-state index in [1.54, 1.807) is 36.0 Å². The quantitative estimate of drug-likeness (QED) is 0.810. The van der Waals surface area contributed by atoms with E-state index in [0.29, 0.717) is 11.6 Å². The highest BCUT2D eigenvalue weighted by Gasteiger charge is 2.12. The van der Waals surface area contributed by atoms with Gasteiger partial charge in [-0.1, -0.05) is 11.6 Å². The third-order valence-electron chi connectivity index (χ3n) is 2.23. The molecule has 0 aliphatic heterocycles. The zero-order valence-electron chi connectivity index (χ0n) is 9.56. The molecular formula is C12H10BrClN2O2. The van der Waals surface area contributed by atoms with Gasteiger partial charge in [0.1, 0.15) is 0 Å². The molecule has 4 nitrogen and oxygen atoms in total. The Kier molecular flexibility index (Phi) is 4.04. The third kappa shape index (κ3) is 2.73. The van der Waals surface area contributed by atoms with Crippen LogP contribution in [0, 0.1) is 0 Å². The van der Waals surface area contributed by atoms with Gasteiger partial charge < -0.3 is 4.74 Å². The van der Waals surface area contributed by atoms with Crippen molar-refractivity contribution in [2.24, 2.45) is 0 Å². The molecule has 0 saturated carbocycles. The summed E-state index contributed by atoms with van der Waals surface area (Å²) < 4.78 is 7.27. The van der Waals surface area contributed by atoms with Crippen molar-refractivity contribution >= 4 is 33.5 Å². The molecule has 0 N–H and O–H groups in total. The second-order valence-electron chi connectivity index (χ2n) is 3.46. The minimum Gasteiger partial charge on any atom is -0.461 e. The van der Waals surface area contributed by atoms with E-state index in [2.05, 4.69) is 21.0 Å². The first-order valence-electron chi connectivity index (χ1n) is 5.30. The molecular weight excluding hydrogens is 320 g/mol. The number of esters is 1. The van der Waals surface area contributed by atoms with Crippen LogP contribution in [0.4, 0.5) is 0 Å². The standard InChI is InChI=1S/C12H10BrClN2O2/c1-2-18-12(17)10-5-6-16(15-10)11-4-3-8(14)7-9(11)13/h3-7H,2H2,1H3. The smallest absolute Gasteiger partial charge is 0.358 e. The molecule has 0 spiro atoms. The number of ether oxygens (including phenoxy) is 1. The molecule has 1 aromatic heterocycles. The number of hydrogen-bond acceptors (Lipinski definition) is 3. The van der Waals surface area contributed by atoms with Crippen LogP contribution in [0.3, 0.4) is 0 Å². The number of aromatic nitrogens is 2. The van der Waals surface area contributed by atoms with Gasteiger partial charge in [0.05, 0.1) is 12.3 Å². The van der Waals surface area contributed by atoms with Gasteiger partial charge in [-0.25, -0.2) is 9.48 Å². The highest BCUT2D eigenvalue weighted by Crippen LogP contribution is 2.24. The van der Waals surface area contributed by atoms with Gasteiger partial charge in [-0.3, -0.25) is 0 Å². The lowest BCUT2D eigenvalue weighted by Gasteiger charge is -2.04. The molecule has 1 heterocycles. The van der Waals surface area contributed by atoms with Gasteiger partial charge in [0.2, 0.25) is 0 Å². The Morgan fingerprint density at radius 2 is 2.28 bits per heavy atom. The van der Waals surface area contributed by atoms with Crippen LogP contribution in [0.1, 0.15) is 17.4 Å². The maximum Gasteiger partial charge on any atom is 0.358 e. The Morgan fingerprint density at radius 3 is 2.94 bits per heavy atom. The monoisotopic (exact) mass is 328 g/mol. The molecule has 0 aliphatic rings. The lowest BCUT2D eigenvalue weighted by molar-refractivity contribution is 0.0519. The van der Waals surface area contributed by atoms with Crippen LogP contribution in [-0.2, 0) is 4.74 Å². The molecule has 0 fully saturated rings. The summed E-state index contributed by atoms with van der Waals surface area (Å²) in [6.45, 7) is 2.08. The zero-order valence-corrected chi connectivity index (χ0v) is 11.9. The van der Waals surface area contributed by atoms with Crippen molar-refractivity contribution in [1.82, 2.24) is 9.78 Å². The molecule has 0 radical (unpaired) electrons. The lowest BCUT2D eigenvalue weighted by Crippen LogP contribution is -2.06. The Labute approximate surface area is 118 Å². The minimum atomic E-state index is -0.429. The predicted molar refractivity (Wildman–Crippen MR) is 72.2 cm³/mol. The van der Waals surface area contributed by atoms with Crippen LogP contribution < -0.4 is 0 Å². The maximum atomic E-state index is 11.5. The van der Waals surface area contributed by atoms with Crippen molar-refractivity contribution in [3.63, 3.8) is 0 Å². The molecule has 0 aliphatic carbocycles. The normalized spacial score (nSPS) is 10.4. The average molecular weight is 330 g/mol. The van der Waals surface area contributed by atoms with E-state index < -0.39 is 5.97 Å². The van der Waals surface area contributed by atoms with Crippen molar-refractivity contribution in [2.75, 3.05) is 6.61 Å². The topological polar surface area (TPSA) is 44.1 Å². The van der Waals surface area contributed by atoms with Crippen LogP contribution in [0.5, 0.6) is 0 Å². The number of halogens is 2. The van der Waals surface area contributed by atoms with Crippen LogP contribution in [0.2, 0.25) is 5.02 Å². The first-order valence-corrected chi connectivity index (χ1v) is 6.47. The third-order valence-corrected chi connectivity index (χ3v) is 3.10. The van der Waals surface area contributed by atoms with Crippen LogP contribution in [0.25, 0.3) is 5.69 Å². The Morgan fingerprint density at radius 1 is 1.50 bits per heavy atom. The van der Waals surface area contributed by atoms with Gasteiger partial charge in [0.15, 0.2) is 5.69 Å². The largest absolute Gasteiger partial charge is 0.461 e. The predicted octanol–water partition coefficient (Wildman–Crippen LogP) is 3.46. The van der Waals surface area contributed by atoms with E-state index in [1.807, 2.05) is 6.07 Å². The zero-order chi connectivity index (χ0) is 13.1. The number of benzene rings is 1. The Hall–Kier alpha value is -1.33. The second kappa shape index (κ2) is 5.54. The van der Waals surface area contributed by atoms with Crippen LogP contribution >= 0.6 is 27.5 Å². The molecule has 0 saturated heterocycles. The summed E-state index contributed by atoms with van der Waals surface area (Å²) in [4.78, 5) is 11.5. The summed E-state index contributed by atoms with van der Waals surface area (Å²) in [7, 11) is 0. The van der Waals surface area contributed by atoms with Gasteiger partial charge in [-0.05, 0) is 47.1 Å². The van der Waals surface area contributed by atoms with Crippen LogP contribution in [-0.4, -0.2) is 22.4 Å². The van der Waals surface area contributed by atoms with E-state index >= 15 is 0 Å². The van der Waals surface area contributed by atoms with E-state index in [4.69, 9.17) is 16.3 Å². The molecule has 0 unspecified atom stereocenters. The summed E-state index contributed by atoms with van der Waals surface area (Å²) in [6.07, 6.45) is 1.69. The number of rotatable bonds is 3. The second-order valence-corrected chi connectivity index (χ2v) is 4.75. The van der Waals surface area contributed by atoms with E-state index in [-0.39, 0.29) is 5.69 Å². The molecule has 94 valence electrons. The molecule has 2 rings (SSSR count). The number of hydrogen-bond donors (Lipinski definition) is 0. The average Bonchev–Trinajstić information content (AvgIpc) is 2.78. The minimum absolute atomic E-state index is 0.277. The molecule has 18 heavy (non-hydrogen) atoms. The number of carbonyl (C=O) groups excluding carboxylic acids is 1. The first-order chi connectivity index (χ1) is 8.61. The van der Waals surface area contributed by atoms with E-state index in [1.165, 1.54) is 0 Å². The number of carbonyl (C=O) groups is 1. The molecule has 6 heteroatoms. The van der Waals surface area contributed by atoms with Gasteiger partial charge >= 0.3 is 5.97 Å². The van der Waals surface area contributed by atoms with E-state index in [9.17, 15) is 4.79 Å². The summed E-state index contributed by atoms with van der Waals surface area (Å²) >= 11 is 9.27. The van der Waals surface area contributed by atoms with Crippen LogP contribution in [0.15, 0.2) is 34.9 Å². The van der Waals surface area contributed by atoms with E-state index in [0.717, 1.165) is 10.2 Å². The van der Waals surface area contributed by atoms with Crippen molar-refractivity contribution in [2.45, 2.75) is 6.92 Å².